The Morgan fingerprint density at radius 1 is 1.07 bits per heavy atom. The normalized spacial score (nSPS) is 11.9. The fraction of sp³-hybridized carbons (Fsp3) is 0.190. The summed E-state index contributed by atoms with van der Waals surface area (Å²) < 4.78 is 9.96. The molecule has 3 aromatic rings. The summed E-state index contributed by atoms with van der Waals surface area (Å²) in [5, 5.41) is 10.1. The second-order valence-electron chi connectivity index (χ2n) is 6.47. The molecule has 1 aliphatic carbocycles. The van der Waals surface area contributed by atoms with Crippen molar-refractivity contribution in [2.24, 2.45) is 0 Å². The summed E-state index contributed by atoms with van der Waals surface area (Å²) in [4.78, 5) is 24.2. The number of hydrogen-bond donors (Lipinski definition) is 2. The Balaban J connectivity index is 1.57. The van der Waals surface area contributed by atoms with Crippen molar-refractivity contribution < 1.29 is 19.1 Å². The number of amides is 1. The minimum absolute atomic E-state index is 0.267. The first-order chi connectivity index (χ1) is 13.6. The monoisotopic (exact) mass is 377 g/mol. The maximum absolute atomic E-state index is 12.7. The second-order valence-corrected chi connectivity index (χ2v) is 6.47. The summed E-state index contributed by atoms with van der Waals surface area (Å²) in [6.07, 6.45) is 1.53. The van der Waals surface area contributed by atoms with E-state index in [1.165, 1.54) is 7.11 Å². The van der Waals surface area contributed by atoms with Crippen molar-refractivity contribution in [3.05, 3.63) is 64.8 Å². The molecule has 1 aliphatic rings. The summed E-state index contributed by atoms with van der Waals surface area (Å²) >= 11 is 0. The van der Waals surface area contributed by atoms with Gasteiger partial charge in [0.05, 0.1) is 25.5 Å². The van der Waals surface area contributed by atoms with Gasteiger partial charge < -0.3 is 14.8 Å². The molecule has 0 unspecified atom stereocenters. The Morgan fingerprint density at radius 2 is 1.86 bits per heavy atom. The van der Waals surface area contributed by atoms with Gasteiger partial charge in [-0.15, -0.1) is 0 Å². The van der Waals surface area contributed by atoms with Crippen LogP contribution in [0.5, 0.6) is 5.75 Å². The Hall–Kier alpha value is -3.61. The molecule has 142 valence electrons. The first-order valence-electron chi connectivity index (χ1n) is 8.85. The maximum atomic E-state index is 12.7. The number of esters is 1. The van der Waals surface area contributed by atoms with E-state index in [4.69, 9.17) is 4.74 Å². The molecule has 1 heterocycles. The lowest BCUT2D eigenvalue weighted by Gasteiger charge is -2.17. The molecule has 2 N–H and O–H groups in total. The van der Waals surface area contributed by atoms with Crippen LogP contribution in [-0.2, 0) is 17.6 Å². The van der Waals surface area contributed by atoms with Crippen LogP contribution in [0.4, 0.5) is 5.69 Å². The molecule has 0 saturated carbocycles. The van der Waals surface area contributed by atoms with Crippen LogP contribution in [-0.4, -0.2) is 36.3 Å². The number of carbonyl (C=O) groups is 2. The van der Waals surface area contributed by atoms with E-state index in [1.54, 1.807) is 31.4 Å². The number of aromatic nitrogens is 2. The van der Waals surface area contributed by atoms with Crippen molar-refractivity contribution in [1.82, 2.24) is 10.2 Å². The minimum Gasteiger partial charge on any atom is -0.497 e. The predicted molar refractivity (Wildman–Crippen MR) is 104 cm³/mol. The van der Waals surface area contributed by atoms with E-state index in [0.717, 1.165) is 41.0 Å². The number of methoxy groups -OCH3 is 2. The molecule has 7 nitrogen and oxygen atoms in total. The van der Waals surface area contributed by atoms with Crippen LogP contribution in [0, 0.1) is 0 Å². The van der Waals surface area contributed by atoms with Gasteiger partial charge in [-0.05, 0) is 60.9 Å². The molecule has 2 aromatic carbocycles. The first kappa shape index (κ1) is 17.8. The van der Waals surface area contributed by atoms with Crippen molar-refractivity contribution in [2.75, 3.05) is 19.5 Å². The number of nitrogens with one attached hydrogen (secondary N) is 2. The van der Waals surface area contributed by atoms with Crippen LogP contribution >= 0.6 is 0 Å². The van der Waals surface area contributed by atoms with E-state index in [9.17, 15) is 9.59 Å². The zero-order valence-electron chi connectivity index (χ0n) is 15.5. The van der Waals surface area contributed by atoms with Gasteiger partial charge in [0.2, 0.25) is 0 Å². The summed E-state index contributed by atoms with van der Waals surface area (Å²) in [5.41, 5.74) is 5.34. The van der Waals surface area contributed by atoms with Gasteiger partial charge in [0.15, 0.2) is 0 Å². The van der Waals surface area contributed by atoms with Crippen molar-refractivity contribution >= 4 is 17.6 Å². The molecule has 1 amide bonds. The van der Waals surface area contributed by atoms with Gasteiger partial charge in [-0.1, -0.05) is 0 Å². The van der Waals surface area contributed by atoms with Gasteiger partial charge in [0, 0.05) is 16.8 Å². The van der Waals surface area contributed by atoms with E-state index >= 15 is 0 Å². The third-order valence-corrected chi connectivity index (χ3v) is 4.87. The number of fused-ring (bicyclic) bond motifs is 3. The predicted octanol–water partition coefficient (Wildman–Crippen LogP) is 3.22. The van der Waals surface area contributed by atoms with Crippen LogP contribution in [0.1, 0.15) is 32.0 Å². The van der Waals surface area contributed by atoms with Gasteiger partial charge >= 0.3 is 5.97 Å². The third-order valence-electron chi connectivity index (χ3n) is 4.87. The average Bonchev–Trinajstić information content (AvgIpc) is 3.18. The largest absolute Gasteiger partial charge is 0.497 e. The number of H-pyrrole nitrogens is 1. The van der Waals surface area contributed by atoms with Crippen LogP contribution in [0.2, 0.25) is 0 Å². The number of aromatic amines is 1. The molecular formula is C21H19N3O4. The number of nitrogens with zero attached hydrogens (tertiary/aromatic N) is 1. The Bertz CT molecular complexity index is 1050. The highest BCUT2D eigenvalue weighted by Gasteiger charge is 2.25. The number of benzene rings is 2. The molecule has 7 heteroatoms. The average molecular weight is 377 g/mol. The van der Waals surface area contributed by atoms with Gasteiger partial charge in [0.1, 0.15) is 11.4 Å². The molecule has 0 bridgehead atoms. The SMILES string of the molecule is COC(=O)c1ccc(NC(=O)c2[nH]nc3c2CCc2cc(OC)ccc2-3)cc1. The topological polar surface area (TPSA) is 93.3 Å². The minimum atomic E-state index is -0.421. The molecule has 0 radical (unpaired) electrons. The van der Waals surface area contributed by atoms with Gasteiger partial charge in [-0.3, -0.25) is 9.89 Å². The number of carbonyl (C=O) groups excluding carboxylic acids is 2. The highest BCUT2D eigenvalue weighted by atomic mass is 16.5. The summed E-state index contributed by atoms with van der Waals surface area (Å²) in [6, 6.07) is 12.4. The molecule has 0 saturated heterocycles. The Kier molecular flexibility index (Phi) is 4.57. The zero-order valence-corrected chi connectivity index (χ0v) is 15.5. The van der Waals surface area contributed by atoms with E-state index in [2.05, 4.69) is 20.3 Å². The smallest absolute Gasteiger partial charge is 0.337 e. The Morgan fingerprint density at radius 3 is 2.57 bits per heavy atom. The van der Waals surface area contributed by atoms with E-state index in [0.29, 0.717) is 16.9 Å². The molecule has 0 fully saturated rings. The van der Waals surface area contributed by atoms with E-state index < -0.39 is 5.97 Å². The lowest BCUT2D eigenvalue weighted by molar-refractivity contribution is 0.0600. The molecule has 0 spiro atoms. The molecule has 28 heavy (non-hydrogen) atoms. The van der Waals surface area contributed by atoms with Crippen molar-refractivity contribution in [3.63, 3.8) is 0 Å². The zero-order chi connectivity index (χ0) is 19.7. The Labute approximate surface area is 161 Å². The van der Waals surface area contributed by atoms with Crippen LogP contribution < -0.4 is 10.1 Å². The summed E-state index contributed by atoms with van der Waals surface area (Å²) in [6.45, 7) is 0. The fourth-order valence-electron chi connectivity index (χ4n) is 3.41. The lowest BCUT2D eigenvalue weighted by atomic mass is 9.89. The fourth-order valence-corrected chi connectivity index (χ4v) is 3.41. The quantitative estimate of drug-likeness (QED) is 0.681. The highest BCUT2D eigenvalue weighted by Crippen LogP contribution is 2.35. The molecular weight excluding hydrogens is 358 g/mol. The maximum Gasteiger partial charge on any atom is 0.337 e. The highest BCUT2D eigenvalue weighted by molar-refractivity contribution is 6.05. The molecule has 1 aromatic heterocycles. The number of rotatable bonds is 4. The van der Waals surface area contributed by atoms with Crippen molar-refractivity contribution in [2.45, 2.75) is 12.8 Å². The van der Waals surface area contributed by atoms with E-state index in [1.807, 2.05) is 18.2 Å². The van der Waals surface area contributed by atoms with Gasteiger partial charge in [0.25, 0.3) is 5.91 Å². The standard InChI is InChI=1S/C21H19N3O4/c1-27-15-8-10-16-13(11-15)5-9-17-18(16)23-24-19(17)20(25)22-14-6-3-12(4-7-14)21(26)28-2/h3-4,6-8,10-11H,5,9H2,1-2H3,(H,22,25)(H,23,24). The van der Waals surface area contributed by atoms with Crippen LogP contribution in [0.15, 0.2) is 42.5 Å². The van der Waals surface area contributed by atoms with Gasteiger partial charge in [-0.25, -0.2) is 4.79 Å². The second kappa shape index (κ2) is 7.19. The van der Waals surface area contributed by atoms with Crippen molar-refractivity contribution in [1.29, 1.82) is 0 Å². The summed E-state index contributed by atoms with van der Waals surface area (Å²) in [7, 11) is 2.97. The summed E-state index contributed by atoms with van der Waals surface area (Å²) in [5.74, 6) is 0.124. The van der Waals surface area contributed by atoms with Crippen molar-refractivity contribution in [3.8, 4) is 17.0 Å². The van der Waals surface area contributed by atoms with Crippen LogP contribution in [0.25, 0.3) is 11.3 Å². The molecule has 4 rings (SSSR count). The lowest BCUT2D eigenvalue weighted by Crippen LogP contribution is -2.16. The van der Waals surface area contributed by atoms with Gasteiger partial charge in [-0.2, -0.15) is 5.10 Å². The number of hydrogen-bond acceptors (Lipinski definition) is 5. The number of anilines is 1. The van der Waals surface area contributed by atoms with Crippen LogP contribution in [0.3, 0.4) is 0 Å². The first-order valence-corrected chi connectivity index (χ1v) is 8.85. The molecule has 0 aliphatic heterocycles. The number of aryl methyl sites for hydroxylation is 1. The third kappa shape index (κ3) is 3.11. The number of ether oxygens (including phenoxy) is 2. The van der Waals surface area contributed by atoms with E-state index in [-0.39, 0.29) is 5.91 Å². The molecule has 0 atom stereocenters.